The largest absolute Gasteiger partial charge is 0.355 e. The molecule has 0 saturated carbocycles. The molecule has 0 bridgehead atoms. The molecule has 0 aromatic heterocycles. The Bertz CT molecular complexity index is 304. The number of hydrogen-bond acceptors (Lipinski definition) is 3. The van der Waals surface area contributed by atoms with Crippen molar-refractivity contribution in [3.8, 4) is 0 Å². The fourth-order valence-corrected chi connectivity index (χ4v) is 1.51. The van der Waals surface area contributed by atoms with Gasteiger partial charge in [-0.05, 0) is 13.8 Å². The van der Waals surface area contributed by atoms with Gasteiger partial charge in [0.15, 0.2) is 0 Å². The lowest BCUT2D eigenvalue weighted by Gasteiger charge is -2.15. The predicted octanol–water partition coefficient (Wildman–Crippen LogP) is -1.24. The lowest BCUT2D eigenvalue weighted by Crippen LogP contribution is -2.47. The minimum atomic E-state index is -0.567. The Morgan fingerprint density at radius 3 is 2.75 bits per heavy atom. The van der Waals surface area contributed by atoms with Crippen LogP contribution in [-0.4, -0.2) is 36.9 Å². The summed E-state index contributed by atoms with van der Waals surface area (Å²) >= 11 is 0. The molecule has 0 aromatic rings. The zero-order valence-electron chi connectivity index (χ0n) is 9.50. The van der Waals surface area contributed by atoms with Crippen LogP contribution in [0.1, 0.15) is 20.3 Å². The van der Waals surface area contributed by atoms with E-state index in [1.807, 2.05) is 6.92 Å². The summed E-state index contributed by atoms with van der Waals surface area (Å²) in [4.78, 5) is 33.9. The molecule has 0 radical (unpaired) electrons. The van der Waals surface area contributed by atoms with Crippen molar-refractivity contribution in [3.05, 3.63) is 0 Å². The van der Waals surface area contributed by atoms with Crippen molar-refractivity contribution in [2.45, 2.75) is 26.3 Å². The number of carbonyl (C=O) groups excluding carboxylic acids is 3. The Morgan fingerprint density at radius 1 is 1.56 bits per heavy atom. The third-order valence-corrected chi connectivity index (χ3v) is 2.45. The Labute approximate surface area is 94.2 Å². The molecule has 1 rings (SSSR count). The maximum Gasteiger partial charge on any atom is 0.242 e. The molecule has 1 aliphatic heterocycles. The van der Waals surface area contributed by atoms with Crippen LogP contribution in [0.25, 0.3) is 0 Å². The van der Waals surface area contributed by atoms with E-state index in [9.17, 15) is 14.4 Å². The van der Waals surface area contributed by atoms with Gasteiger partial charge in [0, 0.05) is 19.5 Å². The van der Waals surface area contributed by atoms with Crippen LogP contribution in [0.2, 0.25) is 0 Å². The van der Waals surface area contributed by atoms with Crippen LogP contribution < -0.4 is 16.0 Å². The summed E-state index contributed by atoms with van der Waals surface area (Å²) < 4.78 is 0. The monoisotopic (exact) mass is 227 g/mol. The number of rotatable bonds is 4. The van der Waals surface area contributed by atoms with Crippen molar-refractivity contribution in [1.29, 1.82) is 0 Å². The standard InChI is InChI=1S/C10H17N3O3/c1-3-11-9(15)6(2)13-10(16)7-4-8(14)12-5-7/h6-7H,3-5H2,1-2H3,(H,11,15)(H,12,14)(H,13,16). The molecule has 3 N–H and O–H groups in total. The number of nitrogens with one attached hydrogen (secondary N) is 3. The molecule has 1 fully saturated rings. The zero-order valence-corrected chi connectivity index (χ0v) is 9.50. The van der Waals surface area contributed by atoms with Crippen LogP contribution in [0.3, 0.4) is 0 Å². The molecule has 2 atom stereocenters. The second kappa shape index (κ2) is 5.48. The van der Waals surface area contributed by atoms with Crippen LogP contribution >= 0.6 is 0 Å². The Hall–Kier alpha value is -1.59. The predicted molar refractivity (Wildman–Crippen MR) is 57.4 cm³/mol. The summed E-state index contributed by atoms with van der Waals surface area (Å²) in [6.07, 6.45) is 0.202. The average molecular weight is 227 g/mol. The zero-order chi connectivity index (χ0) is 12.1. The summed E-state index contributed by atoms with van der Waals surface area (Å²) in [5, 5.41) is 7.78. The van der Waals surface area contributed by atoms with E-state index in [4.69, 9.17) is 0 Å². The smallest absolute Gasteiger partial charge is 0.242 e. The summed E-state index contributed by atoms with van der Waals surface area (Å²) in [7, 11) is 0. The highest BCUT2D eigenvalue weighted by Crippen LogP contribution is 2.08. The van der Waals surface area contributed by atoms with E-state index < -0.39 is 6.04 Å². The lowest BCUT2D eigenvalue weighted by molar-refractivity contribution is -0.130. The summed E-state index contributed by atoms with van der Waals surface area (Å²) in [6.45, 7) is 4.31. The maximum absolute atomic E-state index is 11.6. The van der Waals surface area contributed by atoms with Gasteiger partial charge in [-0.3, -0.25) is 14.4 Å². The van der Waals surface area contributed by atoms with E-state index in [1.165, 1.54) is 0 Å². The maximum atomic E-state index is 11.6. The highest BCUT2D eigenvalue weighted by Gasteiger charge is 2.29. The molecule has 0 aromatic carbocycles. The van der Waals surface area contributed by atoms with Crippen LogP contribution in [0, 0.1) is 5.92 Å². The van der Waals surface area contributed by atoms with Crippen molar-refractivity contribution >= 4 is 17.7 Å². The summed E-state index contributed by atoms with van der Waals surface area (Å²) in [6, 6.07) is -0.567. The summed E-state index contributed by atoms with van der Waals surface area (Å²) in [5.74, 6) is -0.944. The Kier molecular flexibility index (Phi) is 4.28. The van der Waals surface area contributed by atoms with Gasteiger partial charge in [0.2, 0.25) is 17.7 Å². The van der Waals surface area contributed by atoms with E-state index in [0.29, 0.717) is 13.1 Å². The van der Waals surface area contributed by atoms with Crippen LogP contribution in [0.4, 0.5) is 0 Å². The van der Waals surface area contributed by atoms with Gasteiger partial charge < -0.3 is 16.0 Å². The van der Waals surface area contributed by atoms with Gasteiger partial charge in [-0.2, -0.15) is 0 Å². The molecule has 6 heteroatoms. The van der Waals surface area contributed by atoms with Gasteiger partial charge in [0.25, 0.3) is 0 Å². The van der Waals surface area contributed by atoms with Crippen molar-refractivity contribution in [2.24, 2.45) is 5.92 Å². The number of likely N-dealkylation sites (N-methyl/N-ethyl adjacent to an activating group) is 1. The first kappa shape index (κ1) is 12.5. The topological polar surface area (TPSA) is 87.3 Å². The van der Waals surface area contributed by atoms with Crippen LogP contribution in [0.5, 0.6) is 0 Å². The molecule has 0 aliphatic carbocycles. The first-order valence-corrected chi connectivity index (χ1v) is 5.39. The van der Waals surface area contributed by atoms with E-state index >= 15 is 0 Å². The fourth-order valence-electron chi connectivity index (χ4n) is 1.51. The fraction of sp³-hybridized carbons (Fsp3) is 0.700. The molecule has 2 unspecified atom stereocenters. The second-order valence-corrected chi connectivity index (χ2v) is 3.83. The average Bonchev–Trinajstić information content (AvgIpc) is 2.65. The quantitative estimate of drug-likeness (QED) is 0.561. The Morgan fingerprint density at radius 2 is 2.25 bits per heavy atom. The molecule has 6 nitrogen and oxygen atoms in total. The highest BCUT2D eigenvalue weighted by atomic mass is 16.2. The van der Waals surface area contributed by atoms with E-state index in [0.717, 1.165) is 0 Å². The number of carbonyl (C=O) groups is 3. The van der Waals surface area contributed by atoms with Crippen molar-refractivity contribution in [1.82, 2.24) is 16.0 Å². The third-order valence-electron chi connectivity index (χ3n) is 2.45. The van der Waals surface area contributed by atoms with Crippen LogP contribution in [-0.2, 0) is 14.4 Å². The van der Waals surface area contributed by atoms with Gasteiger partial charge in [0.1, 0.15) is 6.04 Å². The third kappa shape index (κ3) is 3.22. The normalized spacial score (nSPS) is 21.1. The first-order chi connectivity index (χ1) is 7.54. The summed E-state index contributed by atoms with van der Waals surface area (Å²) in [5.41, 5.74) is 0. The molecular formula is C10H17N3O3. The van der Waals surface area contributed by atoms with Crippen molar-refractivity contribution in [2.75, 3.05) is 13.1 Å². The molecular weight excluding hydrogens is 210 g/mol. The molecule has 1 saturated heterocycles. The van der Waals surface area contributed by atoms with E-state index in [-0.39, 0.29) is 30.1 Å². The van der Waals surface area contributed by atoms with Gasteiger partial charge in [-0.25, -0.2) is 0 Å². The minimum Gasteiger partial charge on any atom is -0.355 e. The van der Waals surface area contributed by atoms with Gasteiger partial charge in [-0.1, -0.05) is 0 Å². The number of hydrogen-bond donors (Lipinski definition) is 3. The second-order valence-electron chi connectivity index (χ2n) is 3.83. The first-order valence-electron chi connectivity index (χ1n) is 5.39. The molecule has 90 valence electrons. The van der Waals surface area contributed by atoms with E-state index in [2.05, 4.69) is 16.0 Å². The molecule has 1 heterocycles. The molecule has 0 spiro atoms. The van der Waals surface area contributed by atoms with Gasteiger partial charge >= 0.3 is 0 Å². The lowest BCUT2D eigenvalue weighted by atomic mass is 10.1. The van der Waals surface area contributed by atoms with Crippen molar-refractivity contribution < 1.29 is 14.4 Å². The van der Waals surface area contributed by atoms with Gasteiger partial charge in [-0.15, -0.1) is 0 Å². The number of amides is 3. The molecule has 1 aliphatic rings. The van der Waals surface area contributed by atoms with Crippen LogP contribution in [0.15, 0.2) is 0 Å². The molecule has 3 amide bonds. The highest BCUT2D eigenvalue weighted by molar-refractivity contribution is 5.92. The van der Waals surface area contributed by atoms with Crippen molar-refractivity contribution in [3.63, 3.8) is 0 Å². The Balaban J connectivity index is 2.39. The van der Waals surface area contributed by atoms with Gasteiger partial charge in [0.05, 0.1) is 5.92 Å². The van der Waals surface area contributed by atoms with E-state index in [1.54, 1.807) is 6.92 Å². The minimum absolute atomic E-state index is 0.120. The molecule has 16 heavy (non-hydrogen) atoms. The SMILES string of the molecule is CCNC(=O)C(C)NC(=O)C1CNC(=O)C1.